The van der Waals surface area contributed by atoms with Gasteiger partial charge in [-0.2, -0.15) is 0 Å². The fourth-order valence-corrected chi connectivity index (χ4v) is 1.61. The monoisotopic (exact) mass is 228 g/mol. The molecule has 4 heteroatoms. The largest absolute Gasteiger partial charge is 0.347 e. The van der Waals surface area contributed by atoms with E-state index in [1.807, 2.05) is 0 Å². The van der Waals surface area contributed by atoms with Gasteiger partial charge in [0.1, 0.15) is 0 Å². The van der Waals surface area contributed by atoms with E-state index in [1.54, 1.807) is 14.1 Å². The summed E-state index contributed by atoms with van der Waals surface area (Å²) < 4.78 is 0. The maximum absolute atomic E-state index is 11.5. The zero-order chi connectivity index (χ0) is 12.7. The number of rotatable bonds is 6. The maximum atomic E-state index is 11.5. The molecule has 0 saturated heterocycles. The molecule has 0 aromatic carbocycles. The summed E-state index contributed by atoms with van der Waals surface area (Å²) in [5.41, 5.74) is 0. The summed E-state index contributed by atoms with van der Waals surface area (Å²) in [5, 5.41) is 2.64. The van der Waals surface area contributed by atoms with E-state index in [0.717, 1.165) is 6.42 Å². The van der Waals surface area contributed by atoms with Gasteiger partial charge in [0.15, 0.2) is 0 Å². The topological polar surface area (TPSA) is 49.4 Å². The molecule has 0 aromatic rings. The molecule has 0 rings (SSSR count). The van der Waals surface area contributed by atoms with Crippen molar-refractivity contribution in [3.8, 4) is 0 Å². The molecule has 0 radical (unpaired) electrons. The summed E-state index contributed by atoms with van der Waals surface area (Å²) in [6.45, 7) is 6.45. The second kappa shape index (κ2) is 7.25. The highest BCUT2D eigenvalue weighted by atomic mass is 16.2. The lowest BCUT2D eigenvalue weighted by atomic mass is 9.96. The highest BCUT2D eigenvalue weighted by molar-refractivity contribution is 5.84. The van der Waals surface area contributed by atoms with Crippen LogP contribution in [0.4, 0.5) is 0 Å². The van der Waals surface area contributed by atoms with Crippen LogP contribution in [-0.2, 0) is 9.59 Å². The van der Waals surface area contributed by atoms with Gasteiger partial charge >= 0.3 is 0 Å². The van der Waals surface area contributed by atoms with E-state index in [-0.39, 0.29) is 18.4 Å². The molecular formula is C12H24N2O2. The van der Waals surface area contributed by atoms with E-state index in [1.165, 1.54) is 4.90 Å². The van der Waals surface area contributed by atoms with Crippen molar-refractivity contribution < 1.29 is 9.59 Å². The molecule has 1 atom stereocenters. The number of likely N-dealkylation sites (N-methyl/N-ethyl adjacent to an activating group) is 1. The first-order valence-corrected chi connectivity index (χ1v) is 5.79. The van der Waals surface area contributed by atoms with Crippen LogP contribution in [0.2, 0.25) is 0 Å². The van der Waals surface area contributed by atoms with Crippen molar-refractivity contribution >= 4 is 11.8 Å². The molecule has 0 fully saturated rings. The van der Waals surface area contributed by atoms with Crippen LogP contribution in [0.1, 0.15) is 33.6 Å². The maximum Gasteiger partial charge on any atom is 0.241 e. The van der Waals surface area contributed by atoms with Crippen molar-refractivity contribution in [1.29, 1.82) is 0 Å². The molecule has 0 unspecified atom stereocenters. The average Bonchev–Trinajstić information content (AvgIpc) is 2.12. The lowest BCUT2D eigenvalue weighted by Crippen LogP contribution is -2.36. The Hall–Kier alpha value is -1.06. The minimum Gasteiger partial charge on any atom is -0.347 e. The highest BCUT2D eigenvalue weighted by Crippen LogP contribution is 2.13. The molecule has 0 bridgehead atoms. The summed E-state index contributed by atoms with van der Waals surface area (Å²) in [6.07, 6.45) is 1.54. The Bertz CT molecular complexity index is 237. The number of carbonyl (C=O) groups excluding carboxylic acids is 2. The Morgan fingerprint density at radius 1 is 1.19 bits per heavy atom. The van der Waals surface area contributed by atoms with Gasteiger partial charge in [-0.3, -0.25) is 9.59 Å². The molecule has 0 aliphatic heterocycles. The second-order valence-electron chi connectivity index (χ2n) is 5.00. The molecule has 0 aliphatic rings. The van der Waals surface area contributed by atoms with Crippen LogP contribution in [0, 0.1) is 11.8 Å². The van der Waals surface area contributed by atoms with Gasteiger partial charge in [-0.25, -0.2) is 0 Å². The first-order chi connectivity index (χ1) is 7.32. The van der Waals surface area contributed by atoms with Gasteiger partial charge in [-0.05, 0) is 18.3 Å². The van der Waals surface area contributed by atoms with E-state index in [9.17, 15) is 9.59 Å². The molecule has 0 heterocycles. The van der Waals surface area contributed by atoms with Crippen molar-refractivity contribution in [3.63, 3.8) is 0 Å². The molecule has 1 N–H and O–H groups in total. The Morgan fingerprint density at radius 2 is 1.75 bits per heavy atom. The SMILES string of the molecule is CC(C)C[C@H](C)CC(=O)NCC(=O)N(C)C. The number of nitrogens with one attached hydrogen (secondary N) is 1. The van der Waals surface area contributed by atoms with Gasteiger partial charge in [0.05, 0.1) is 6.54 Å². The van der Waals surface area contributed by atoms with Gasteiger partial charge < -0.3 is 10.2 Å². The number of hydrogen-bond acceptors (Lipinski definition) is 2. The van der Waals surface area contributed by atoms with Crippen LogP contribution in [0.25, 0.3) is 0 Å². The van der Waals surface area contributed by atoms with E-state index < -0.39 is 0 Å². The molecule has 0 aliphatic carbocycles. The van der Waals surface area contributed by atoms with Crippen LogP contribution in [0.5, 0.6) is 0 Å². The van der Waals surface area contributed by atoms with E-state index in [0.29, 0.717) is 18.3 Å². The number of amides is 2. The summed E-state index contributed by atoms with van der Waals surface area (Å²) in [4.78, 5) is 24.2. The van der Waals surface area contributed by atoms with E-state index >= 15 is 0 Å². The normalized spacial score (nSPS) is 12.4. The molecule has 2 amide bonds. The Balaban J connectivity index is 3.78. The minimum absolute atomic E-state index is 0.0386. The number of nitrogens with zero attached hydrogens (tertiary/aromatic N) is 1. The summed E-state index contributed by atoms with van der Waals surface area (Å²) in [6, 6.07) is 0. The van der Waals surface area contributed by atoms with Crippen molar-refractivity contribution in [2.45, 2.75) is 33.6 Å². The Morgan fingerprint density at radius 3 is 2.19 bits per heavy atom. The summed E-state index contributed by atoms with van der Waals surface area (Å²) >= 11 is 0. The second-order valence-corrected chi connectivity index (χ2v) is 5.00. The molecule has 16 heavy (non-hydrogen) atoms. The van der Waals surface area contributed by atoms with Crippen LogP contribution in [0.15, 0.2) is 0 Å². The molecule has 0 spiro atoms. The lowest BCUT2D eigenvalue weighted by molar-refractivity contribution is -0.131. The third-order valence-corrected chi connectivity index (χ3v) is 2.34. The molecule has 4 nitrogen and oxygen atoms in total. The van der Waals surface area contributed by atoms with Gasteiger partial charge in [-0.1, -0.05) is 20.8 Å². The predicted octanol–water partition coefficient (Wildman–Crippen LogP) is 1.26. The molecule has 0 aromatic heterocycles. The summed E-state index contributed by atoms with van der Waals surface area (Å²) in [7, 11) is 3.35. The molecule has 94 valence electrons. The highest BCUT2D eigenvalue weighted by Gasteiger charge is 2.12. The quantitative estimate of drug-likeness (QED) is 0.744. The molecule has 0 saturated carbocycles. The standard InChI is InChI=1S/C12H24N2O2/c1-9(2)6-10(3)7-11(15)13-8-12(16)14(4)5/h9-10H,6-8H2,1-5H3,(H,13,15)/t10-/m0/s1. The van der Waals surface area contributed by atoms with E-state index in [2.05, 4.69) is 26.1 Å². The van der Waals surface area contributed by atoms with Crippen molar-refractivity contribution in [1.82, 2.24) is 10.2 Å². The number of hydrogen-bond donors (Lipinski definition) is 1. The first kappa shape index (κ1) is 14.9. The smallest absolute Gasteiger partial charge is 0.241 e. The minimum atomic E-state index is -0.0788. The average molecular weight is 228 g/mol. The van der Waals surface area contributed by atoms with Crippen LogP contribution in [-0.4, -0.2) is 37.4 Å². The third kappa shape index (κ3) is 7.26. The van der Waals surface area contributed by atoms with Gasteiger partial charge in [0.2, 0.25) is 11.8 Å². The van der Waals surface area contributed by atoms with Crippen molar-refractivity contribution in [2.24, 2.45) is 11.8 Å². The zero-order valence-electron chi connectivity index (χ0n) is 11.0. The van der Waals surface area contributed by atoms with Crippen LogP contribution >= 0.6 is 0 Å². The fourth-order valence-electron chi connectivity index (χ4n) is 1.61. The number of carbonyl (C=O) groups is 2. The Labute approximate surface area is 98.4 Å². The van der Waals surface area contributed by atoms with Gasteiger partial charge in [0, 0.05) is 20.5 Å². The van der Waals surface area contributed by atoms with Crippen LogP contribution in [0.3, 0.4) is 0 Å². The van der Waals surface area contributed by atoms with Gasteiger partial charge in [0.25, 0.3) is 0 Å². The summed E-state index contributed by atoms with van der Waals surface area (Å²) in [5.74, 6) is 0.855. The zero-order valence-corrected chi connectivity index (χ0v) is 11.0. The van der Waals surface area contributed by atoms with E-state index in [4.69, 9.17) is 0 Å². The predicted molar refractivity (Wildman–Crippen MR) is 64.9 cm³/mol. The fraction of sp³-hybridized carbons (Fsp3) is 0.833. The first-order valence-electron chi connectivity index (χ1n) is 5.79. The van der Waals surface area contributed by atoms with Crippen molar-refractivity contribution in [3.05, 3.63) is 0 Å². The Kier molecular flexibility index (Phi) is 6.77. The molecular weight excluding hydrogens is 204 g/mol. The third-order valence-electron chi connectivity index (χ3n) is 2.34. The van der Waals surface area contributed by atoms with Crippen molar-refractivity contribution in [2.75, 3.05) is 20.6 Å². The van der Waals surface area contributed by atoms with Crippen LogP contribution < -0.4 is 5.32 Å². The van der Waals surface area contributed by atoms with Gasteiger partial charge in [-0.15, -0.1) is 0 Å². The lowest BCUT2D eigenvalue weighted by Gasteiger charge is -2.14.